The van der Waals surface area contributed by atoms with Crippen molar-refractivity contribution < 1.29 is 4.74 Å². The maximum atomic E-state index is 6.54. The fourth-order valence-corrected chi connectivity index (χ4v) is 6.74. The van der Waals surface area contributed by atoms with Gasteiger partial charge in [0.15, 0.2) is 5.84 Å². The highest BCUT2D eigenvalue weighted by Crippen LogP contribution is 2.31. The number of aliphatic imine (C=N–C) groups is 2. The zero-order valence-electron chi connectivity index (χ0n) is 31.6. The number of hydrogen-bond donors (Lipinski definition) is 0. The van der Waals surface area contributed by atoms with Gasteiger partial charge >= 0.3 is 0 Å². The largest absolute Gasteiger partial charge is 0.488 e. The van der Waals surface area contributed by atoms with Gasteiger partial charge in [0.25, 0.3) is 0 Å². The van der Waals surface area contributed by atoms with Gasteiger partial charge in [-0.1, -0.05) is 173 Å². The number of rotatable bonds is 5. The highest BCUT2D eigenvalue weighted by atomic mass is 16.5. The van der Waals surface area contributed by atoms with Crippen LogP contribution in [0.1, 0.15) is 69.7 Å². The number of hydrogen-bond acceptors (Lipinski definition) is 3. The summed E-state index contributed by atoms with van der Waals surface area (Å²) in [6.45, 7) is 10.4. The molecule has 0 saturated heterocycles. The van der Waals surface area contributed by atoms with Gasteiger partial charge in [-0.15, -0.1) is 0 Å². The Labute approximate surface area is 316 Å². The molecule has 3 nitrogen and oxygen atoms in total. The molecule has 2 aliphatic heterocycles. The molecule has 53 heavy (non-hydrogen) atoms. The van der Waals surface area contributed by atoms with Crippen LogP contribution in [0.5, 0.6) is 0 Å². The van der Waals surface area contributed by atoms with Crippen LogP contribution in [-0.2, 0) is 4.74 Å². The molecule has 4 aromatic carbocycles. The lowest BCUT2D eigenvalue weighted by molar-refractivity contribution is 0.154. The van der Waals surface area contributed by atoms with Crippen LogP contribution in [-0.4, -0.2) is 23.7 Å². The molecule has 3 aliphatic rings. The Kier molecular flexibility index (Phi) is 12.6. The number of amidine groups is 1. The minimum Gasteiger partial charge on any atom is -0.488 e. The molecule has 7 rings (SSSR count). The zero-order valence-corrected chi connectivity index (χ0v) is 31.6. The molecule has 266 valence electrons. The lowest BCUT2D eigenvalue weighted by atomic mass is 9.92. The maximum Gasteiger partial charge on any atom is 0.155 e. The zero-order chi connectivity index (χ0) is 37.0. The van der Waals surface area contributed by atoms with Crippen LogP contribution in [0.2, 0.25) is 0 Å². The summed E-state index contributed by atoms with van der Waals surface area (Å²) in [5, 5.41) is 0. The summed E-state index contributed by atoms with van der Waals surface area (Å²) < 4.78 is 6.54. The van der Waals surface area contributed by atoms with Crippen LogP contribution in [0, 0.1) is 5.92 Å². The maximum absolute atomic E-state index is 6.54. The molecule has 0 fully saturated rings. The van der Waals surface area contributed by atoms with Gasteiger partial charge in [0, 0.05) is 11.5 Å². The van der Waals surface area contributed by atoms with Gasteiger partial charge in [-0.25, -0.2) is 4.99 Å². The summed E-state index contributed by atoms with van der Waals surface area (Å²) in [4.78, 5) is 10.6. The van der Waals surface area contributed by atoms with Gasteiger partial charge in [0.1, 0.15) is 17.9 Å². The molecule has 0 spiro atoms. The van der Waals surface area contributed by atoms with Crippen molar-refractivity contribution in [3.63, 3.8) is 0 Å². The van der Waals surface area contributed by atoms with Crippen LogP contribution >= 0.6 is 0 Å². The first-order valence-electron chi connectivity index (χ1n) is 19.0. The standard InChI is InChI=1S/C48H44N2O.C2H6/c1-34-28-29-40-19-10-4-7-16-35(2)51-47(40)36(3)49-48(41-20-11-6-12-21-41)50-46(34)45-27-15-26-44(33-45)43-25-14-24-42(32-43)39-23-13-22-38(30-31-39)37-17-8-5-9-18-37;1-2/h4-18,20-21,23-36H,19,22H2,1-3H3;1-2H3/b10-4-,16-7-,29-28-,47-40+,49-48?,50-46?;. The Bertz CT molecular complexity index is 2150. The van der Waals surface area contributed by atoms with E-state index >= 15 is 0 Å². The lowest BCUT2D eigenvalue weighted by Crippen LogP contribution is -2.20. The van der Waals surface area contributed by atoms with Crippen molar-refractivity contribution in [2.75, 3.05) is 0 Å². The SMILES string of the molecule is CC.CC1/C=C\C=C/CC2=C(\O1)C(C)N=C(c1ccccc1)N=C(c1cccc(-c3cccc(C4=CC=C(c5ccccc5)CC=C4)c3)c1)C(C)/C=C\2. The first kappa shape index (κ1) is 37.0. The van der Waals surface area contributed by atoms with Crippen LogP contribution < -0.4 is 0 Å². The molecule has 3 heteroatoms. The molecule has 0 saturated carbocycles. The Balaban J connectivity index is 0.00000236. The van der Waals surface area contributed by atoms with Crippen molar-refractivity contribution in [2.24, 2.45) is 15.9 Å². The Morgan fingerprint density at radius 3 is 1.96 bits per heavy atom. The van der Waals surface area contributed by atoms with E-state index in [0.717, 1.165) is 46.6 Å². The number of ether oxygens (including phenoxy) is 1. The third-order valence-corrected chi connectivity index (χ3v) is 9.50. The molecule has 1 aliphatic carbocycles. The van der Waals surface area contributed by atoms with Crippen LogP contribution in [0.3, 0.4) is 0 Å². The van der Waals surface area contributed by atoms with E-state index < -0.39 is 0 Å². The van der Waals surface area contributed by atoms with Gasteiger partial charge < -0.3 is 4.74 Å². The Hall–Kier alpha value is -5.80. The molecule has 3 atom stereocenters. The van der Waals surface area contributed by atoms with E-state index in [-0.39, 0.29) is 18.1 Å². The van der Waals surface area contributed by atoms with Gasteiger partial charge in [-0.3, -0.25) is 4.99 Å². The van der Waals surface area contributed by atoms with E-state index in [0.29, 0.717) is 5.84 Å². The summed E-state index contributed by atoms with van der Waals surface area (Å²) in [5.74, 6) is 1.61. The fourth-order valence-electron chi connectivity index (χ4n) is 6.74. The smallest absolute Gasteiger partial charge is 0.155 e. The van der Waals surface area contributed by atoms with Crippen molar-refractivity contribution in [3.05, 3.63) is 204 Å². The summed E-state index contributed by atoms with van der Waals surface area (Å²) in [7, 11) is 0. The average Bonchev–Trinajstić information content (AvgIpc) is 3.42. The number of allylic oxidation sites excluding steroid dienone is 12. The van der Waals surface area contributed by atoms with E-state index in [9.17, 15) is 0 Å². The summed E-state index contributed by atoms with van der Waals surface area (Å²) >= 11 is 0. The van der Waals surface area contributed by atoms with Crippen molar-refractivity contribution in [1.82, 2.24) is 0 Å². The fraction of sp³-hybridized carbons (Fsp3) is 0.200. The van der Waals surface area contributed by atoms with E-state index in [1.54, 1.807) is 0 Å². The van der Waals surface area contributed by atoms with E-state index in [1.807, 2.05) is 32.0 Å². The topological polar surface area (TPSA) is 34.0 Å². The second-order valence-electron chi connectivity index (χ2n) is 13.3. The van der Waals surface area contributed by atoms with Gasteiger partial charge in [0.05, 0.1) is 5.71 Å². The summed E-state index contributed by atoms with van der Waals surface area (Å²) in [5.41, 5.74) is 11.5. The highest BCUT2D eigenvalue weighted by Gasteiger charge is 2.22. The second kappa shape index (κ2) is 18.1. The first-order chi connectivity index (χ1) is 26.0. The highest BCUT2D eigenvalue weighted by molar-refractivity contribution is 6.14. The number of nitrogens with zero attached hydrogens (tertiary/aromatic N) is 2. The Morgan fingerprint density at radius 1 is 0.585 bits per heavy atom. The Morgan fingerprint density at radius 2 is 1.23 bits per heavy atom. The van der Waals surface area contributed by atoms with Gasteiger partial charge in [-0.05, 0) is 89.4 Å². The predicted octanol–water partition coefficient (Wildman–Crippen LogP) is 12.8. The molecule has 0 radical (unpaired) electrons. The summed E-state index contributed by atoms with van der Waals surface area (Å²) in [6.07, 6.45) is 23.5. The first-order valence-corrected chi connectivity index (χ1v) is 19.0. The normalized spacial score (nSPS) is 23.2. The third-order valence-electron chi connectivity index (χ3n) is 9.50. The molecule has 0 N–H and O–H groups in total. The summed E-state index contributed by atoms with van der Waals surface area (Å²) in [6, 6.07) is 38.3. The van der Waals surface area contributed by atoms with Gasteiger partial charge in [-0.2, -0.15) is 0 Å². The molecular formula is C50H50N2O. The van der Waals surface area contributed by atoms with E-state index in [1.165, 1.54) is 27.8 Å². The van der Waals surface area contributed by atoms with Crippen LogP contribution in [0.15, 0.2) is 191 Å². The molecule has 2 heterocycles. The lowest BCUT2D eigenvalue weighted by Gasteiger charge is -2.23. The quantitative estimate of drug-likeness (QED) is 0.205. The van der Waals surface area contributed by atoms with E-state index in [4.69, 9.17) is 14.7 Å². The minimum absolute atomic E-state index is 0.0155. The average molecular weight is 695 g/mol. The predicted molar refractivity (Wildman–Crippen MR) is 227 cm³/mol. The van der Waals surface area contributed by atoms with Crippen LogP contribution in [0.25, 0.3) is 22.3 Å². The molecule has 0 aromatic heterocycles. The molecule has 0 bridgehead atoms. The molecule has 3 unspecified atom stereocenters. The number of benzene rings is 4. The monoisotopic (exact) mass is 694 g/mol. The second-order valence-corrected chi connectivity index (χ2v) is 13.3. The van der Waals surface area contributed by atoms with Crippen molar-refractivity contribution in [2.45, 2.75) is 59.6 Å². The van der Waals surface area contributed by atoms with Crippen molar-refractivity contribution in [3.8, 4) is 11.1 Å². The molecular weight excluding hydrogens is 645 g/mol. The van der Waals surface area contributed by atoms with Crippen molar-refractivity contribution in [1.29, 1.82) is 0 Å². The minimum atomic E-state index is -0.222. The van der Waals surface area contributed by atoms with Crippen LogP contribution in [0.4, 0.5) is 0 Å². The molecule has 0 amide bonds. The van der Waals surface area contributed by atoms with Crippen molar-refractivity contribution >= 4 is 22.7 Å². The van der Waals surface area contributed by atoms with E-state index in [2.05, 4.69) is 173 Å². The molecule has 4 aromatic rings. The van der Waals surface area contributed by atoms with Gasteiger partial charge in [0.2, 0.25) is 0 Å². The third kappa shape index (κ3) is 9.36.